The number of aliphatic imine (C=N–C) groups is 1. The summed E-state index contributed by atoms with van der Waals surface area (Å²) in [7, 11) is 0. The maximum absolute atomic E-state index is 8.93. The Morgan fingerprint density at radius 3 is 2.64 bits per heavy atom. The first-order chi connectivity index (χ1) is 13.6. The summed E-state index contributed by atoms with van der Waals surface area (Å²) >= 11 is 3.52. The highest BCUT2D eigenvalue weighted by Gasteiger charge is 2.07. The molecular formula is C23H24BrN3O. The molecule has 0 aliphatic carbocycles. The summed E-state index contributed by atoms with van der Waals surface area (Å²) in [5.74, 6) is 0. The Balaban J connectivity index is 1.90. The Bertz CT molecular complexity index is 971. The van der Waals surface area contributed by atoms with E-state index in [0.29, 0.717) is 18.8 Å². The number of anilines is 1. The average Bonchev–Trinajstić information content (AvgIpc) is 2.71. The summed E-state index contributed by atoms with van der Waals surface area (Å²) in [6, 6.07) is 20.5. The predicted molar refractivity (Wildman–Crippen MR) is 121 cm³/mol. The Hall–Kier alpha value is -2.47. The Morgan fingerprint density at radius 2 is 1.89 bits per heavy atom. The molecule has 0 unspecified atom stereocenters. The van der Waals surface area contributed by atoms with Gasteiger partial charge in [0.25, 0.3) is 0 Å². The lowest BCUT2D eigenvalue weighted by Gasteiger charge is -2.10. The molecule has 0 aromatic heterocycles. The highest BCUT2D eigenvalue weighted by molar-refractivity contribution is 9.10. The van der Waals surface area contributed by atoms with Crippen molar-refractivity contribution in [2.24, 2.45) is 4.99 Å². The monoisotopic (exact) mass is 437 g/mol. The summed E-state index contributed by atoms with van der Waals surface area (Å²) in [6.07, 6.45) is 1.81. The maximum Gasteiger partial charge on any atom is 0.0665 e. The van der Waals surface area contributed by atoms with Gasteiger partial charge in [-0.1, -0.05) is 42.5 Å². The molecule has 0 amide bonds. The van der Waals surface area contributed by atoms with Crippen LogP contribution in [0.3, 0.4) is 0 Å². The van der Waals surface area contributed by atoms with Gasteiger partial charge in [-0.2, -0.15) is 0 Å². The second-order valence-corrected chi connectivity index (χ2v) is 7.41. The van der Waals surface area contributed by atoms with E-state index in [1.54, 1.807) is 0 Å². The van der Waals surface area contributed by atoms with Gasteiger partial charge in [0.2, 0.25) is 0 Å². The number of aliphatic hydroxyl groups excluding tert-OH is 1. The van der Waals surface area contributed by atoms with E-state index < -0.39 is 0 Å². The molecule has 0 atom stereocenters. The Kier molecular flexibility index (Phi) is 6.98. The van der Waals surface area contributed by atoms with Crippen LogP contribution in [0.15, 0.2) is 70.1 Å². The number of nitrogens with two attached hydrogens (primary N) is 1. The summed E-state index contributed by atoms with van der Waals surface area (Å²) in [5, 5.41) is 12.1. The number of halogens is 1. The first-order valence-corrected chi connectivity index (χ1v) is 9.98. The van der Waals surface area contributed by atoms with Gasteiger partial charge in [0, 0.05) is 29.3 Å². The van der Waals surface area contributed by atoms with E-state index in [-0.39, 0.29) is 6.61 Å². The lowest BCUT2D eigenvalue weighted by atomic mass is 9.99. The number of nitrogen functional groups attached to an aromatic ring is 1. The molecule has 0 fully saturated rings. The number of hydrogen-bond acceptors (Lipinski definition) is 4. The SMILES string of the molecule is Cc1c(N=Cc2cc(CNCCO)cc(Br)c2N)cccc1-c1ccccc1. The van der Waals surface area contributed by atoms with Crippen molar-refractivity contribution < 1.29 is 5.11 Å². The molecule has 4 N–H and O–H groups in total. The van der Waals surface area contributed by atoms with Crippen molar-refractivity contribution >= 4 is 33.5 Å². The molecule has 28 heavy (non-hydrogen) atoms. The van der Waals surface area contributed by atoms with Crippen LogP contribution in [0.25, 0.3) is 11.1 Å². The van der Waals surface area contributed by atoms with Crippen molar-refractivity contribution in [2.75, 3.05) is 18.9 Å². The molecule has 0 radical (unpaired) electrons. The van der Waals surface area contributed by atoms with E-state index in [4.69, 9.17) is 15.8 Å². The lowest BCUT2D eigenvalue weighted by molar-refractivity contribution is 0.292. The smallest absolute Gasteiger partial charge is 0.0665 e. The van der Waals surface area contributed by atoms with E-state index in [9.17, 15) is 0 Å². The van der Waals surface area contributed by atoms with Crippen LogP contribution in [0.2, 0.25) is 0 Å². The zero-order chi connectivity index (χ0) is 19.9. The van der Waals surface area contributed by atoms with Crippen LogP contribution in [-0.2, 0) is 6.54 Å². The molecule has 3 rings (SSSR count). The first-order valence-electron chi connectivity index (χ1n) is 9.18. The summed E-state index contributed by atoms with van der Waals surface area (Å²) in [4.78, 5) is 4.72. The van der Waals surface area contributed by atoms with E-state index in [0.717, 1.165) is 26.9 Å². The van der Waals surface area contributed by atoms with Gasteiger partial charge < -0.3 is 16.2 Å². The highest BCUT2D eigenvalue weighted by Crippen LogP contribution is 2.31. The molecule has 0 aliphatic rings. The fourth-order valence-corrected chi connectivity index (χ4v) is 3.57. The molecule has 144 valence electrons. The number of benzene rings is 3. The lowest BCUT2D eigenvalue weighted by Crippen LogP contribution is -2.17. The first kappa shape index (κ1) is 20.3. The molecule has 3 aromatic carbocycles. The van der Waals surface area contributed by atoms with E-state index >= 15 is 0 Å². The standard InChI is InChI=1S/C23H24BrN3O/c1-16-20(18-6-3-2-4-7-18)8-5-9-22(16)27-15-19-12-17(14-26-10-11-28)13-21(24)23(19)25/h2-9,12-13,15,26,28H,10-11,14,25H2,1H3. The van der Waals surface area contributed by atoms with Crippen molar-refractivity contribution in [1.82, 2.24) is 5.32 Å². The predicted octanol–water partition coefficient (Wildman–Crippen LogP) is 4.84. The van der Waals surface area contributed by atoms with E-state index in [1.807, 2.05) is 48.7 Å². The normalized spacial score (nSPS) is 11.2. The molecule has 0 aliphatic heterocycles. The number of rotatable bonds is 7. The van der Waals surface area contributed by atoms with E-state index in [1.165, 1.54) is 11.1 Å². The maximum atomic E-state index is 8.93. The van der Waals surface area contributed by atoms with Crippen LogP contribution >= 0.6 is 15.9 Å². The van der Waals surface area contributed by atoms with E-state index in [2.05, 4.69) is 46.4 Å². The number of aliphatic hydroxyl groups is 1. The number of nitrogens with zero attached hydrogens (tertiary/aromatic N) is 1. The van der Waals surface area contributed by atoms with Gasteiger partial charge in [-0.25, -0.2) is 0 Å². The minimum Gasteiger partial charge on any atom is -0.397 e. The van der Waals surface area contributed by atoms with Crippen molar-refractivity contribution in [3.05, 3.63) is 81.8 Å². The average molecular weight is 438 g/mol. The molecule has 0 saturated heterocycles. The number of nitrogens with one attached hydrogen (secondary N) is 1. The van der Waals surface area contributed by atoms with Crippen LogP contribution in [-0.4, -0.2) is 24.5 Å². The van der Waals surface area contributed by atoms with Crippen LogP contribution < -0.4 is 11.1 Å². The molecule has 0 spiro atoms. The van der Waals surface area contributed by atoms with Gasteiger partial charge in [0.15, 0.2) is 0 Å². The van der Waals surface area contributed by atoms with Crippen molar-refractivity contribution in [3.8, 4) is 11.1 Å². The van der Waals surface area contributed by atoms with Gasteiger partial charge in [-0.15, -0.1) is 0 Å². The van der Waals surface area contributed by atoms with Crippen LogP contribution in [0.1, 0.15) is 16.7 Å². The number of hydrogen-bond donors (Lipinski definition) is 3. The summed E-state index contributed by atoms with van der Waals surface area (Å²) in [5.41, 5.74) is 13.2. The van der Waals surface area contributed by atoms with Crippen molar-refractivity contribution in [2.45, 2.75) is 13.5 Å². The molecule has 4 nitrogen and oxygen atoms in total. The zero-order valence-electron chi connectivity index (χ0n) is 15.8. The zero-order valence-corrected chi connectivity index (χ0v) is 17.4. The molecule has 0 heterocycles. The third kappa shape index (κ3) is 4.87. The van der Waals surface area contributed by atoms with Gasteiger partial charge in [-0.05, 0) is 63.3 Å². The van der Waals surface area contributed by atoms with Gasteiger partial charge in [0.05, 0.1) is 18.0 Å². The fourth-order valence-electron chi connectivity index (χ4n) is 3.05. The quantitative estimate of drug-likeness (QED) is 0.281. The second-order valence-electron chi connectivity index (χ2n) is 6.55. The fraction of sp³-hybridized carbons (Fsp3) is 0.174. The molecule has 0 saturated carbocycles. The molecular weight excluding hydrogens is 414 g/mol. The molecule has 3 aromatic rings. The van der Waals surface area contributed by atoms with Gasteiger partial charge >= 0.3 is 0 Å². The Labute approximate surface area is 174 Å². The minimum absolute atomic E-state index is 0.113. The topological polar surface area (TPSA) is 70.6 Å². The van der Waals surface area contributed by atoms with Crippen LogP contribution in [0.5, 0.6) is 0 Å². The van der Waals surface area contributed by atoms with Crippen molar-refractivity contribution in [3.63, 3.8) is 0 Å². The Morgan fingerprint density at radius 1 is 1.11 bits per heavy atom. The van der Waals surface area contributed by atoms with Crippen LogP contribution in [0, 0.1) is 6.92 Å². The second kappa shape index (κ2) is 9.64. The minimum atomic E-state index is 0.113. The summed E-state index contributed by atoms with van der Waals surface area (Å²) in [6.45, 7) is 3.41. The highest BCUT2D eigenvalue weighted by atomic mass is 79.9. The third-order valence-corrected chi connectivity index (χ3v) is 5.23. The largest absolute Gasteiger partial charge is 0.397 e. The van der Waals surface area contributed by atoms with Crippen molar-refractivity contribution in [1.29, 1.82) is 0 Å². The van der Waals surface area contributed by atoms with Gasteiger partial charge in [-0.3, -0.25) is 4.99 Å². The summed E-state index contributed by atoms with van der Waals surface area (Å²) < 4.78 is 0.840. The third-order valence-electron chi connectivity index (χ3n) is 4.57. The molecule has 0 bridgehead atoms. The van der Waals surface area contributed by atoms with Crippen LogP contribution in [0.4, 0.5) is 11.4 Å². The molecule has 5 heteroatoms. The van der Waals surface area contributed by atoms with Gasteiger partial charge in [0.1, 0.15) is 0 Å².